The van der Waals surface area contributed by atoms with Gasteiger partial charge in [-0.15, -0.1) is 0 Å². The van der Waals surface area contributed by atoms with Gasteiger partial charge in [0.25, 0.3) is 5.91 Å². The summed E-state index contributed by atoms with van der Waals surface area (Å²) in [5.41, 5.74) is 1.93. The second-order valence-corrected chi connectivity index (χ2v) is 12.0. The van der Waals surface area contributed by atoms with Crippen molar-refractivity contribution in [3.63, 3.8) is 0 Å². The lowest BCUT2D eigenvalue weighted by molar-refractivity contribution is -0.0499. The summed E-state index contributed by atoms with van der Waals surface area (Å²) in [7, 11) is 0. The molecule has 8 nitrogen and oxygen atoms in total. The van der Waals surface area contributed by atoms with Crippen LogP contribution in [0.4, 0.5) is 10.2 Å². The fourth-order valence-electron chi connectivity index (χ4n) is 4.70. The van der Waals surface area contributed by atoms with Gasteiger partial charge in [-0.05, 0) is 75.6 Å². The number of hydrogen-bond acceptors (Lipinski definition) is 6. The molecule has 1 saturated heterocycles. The molecule has 34 heavy (non-hydrogen) atoms. The highest BCUT2D eigenvalue weighted by Gasteiger charge is 2.56. The van der Waals surface area contributed by atoms with Gasteiger partial charge in [0, 0.05) is 11.8 Å². The van der Waals surface area contributed by atoms with Gasteiger partial charge < -0.3 is 20.3 Å². The number of amides is 1. The van der Waals surface area contributed by atoms with Crippen molar-refractivity contribution in [2.45, 2.75) is 73.5 Å². The van der Waals surface area contributed by atoms with Crippen molar-refractivity contribution in [3.05, 3.63) is 57.6 Å². The smallest absolute Gasteiger partial charge is 0.351 e. The zero-order valence-corrected chi connectivity index (χ0v) is 21.7. The summed E-state index contributed by atoms with van der Waals surface area (Å²) in [6.45, 7) is 8.16. The maximum atomic E-state index is 15.0. The van der Waals surface area contributed by atoms with Crippen molar-refractivity contribution in [2.24, 2.45) is 0 Å². The highest BCUT2D eigenvalue weighted by molar-refractivity contribution is 14.1. The van der Waals surface area contributed by atoms with Crippen LogP contribution >= 0.6 is 22.6 Å². The quantitative estimate of drug-likeness (QED) is 0.376. The summed E-state index contributed by atoms with van der Waals surface area (Å²) in [4.78, 5) is 29.4. The number of alkyl halides is 2. The van der Waals surface area contributed by atoms with Gasteiger partial charge in [-0.2, -0.15) is 4.98 Å². The van der Waals surface area contributed by atoms with Crippen molar-refractivity contribution in [3.8, 4) is 0 Å². The molecule has 1 aliphatic carbocycles. The van der Waals surface area contributed by atoms with Crippen LogP contribution in [0.25, 0.3) is 0 Å². The van der Waals surface area contributed by atoms with Gasteiger partial charge >= 0.3 is 5.69 Å². The number of benzene rings is 1. The minimum atomic E-state index is -2.34. The van der Waals surface area contributed by atoms with Crippen LogP contribution in [0.3, 0.4) is 0 Å². The normalized spacial score (nSPS) is 29.5. The first-order valence-corrected chi connectivity index (χ1v) is 12.2. The number of aliphatic hydroxyl groups is 2. The largest absolute Gasteiger partial charge is 0.394 e. The van der Waals surface area contributed by atoms with Crippen molar-refractivity contribution in [1.82, 2.24) is 9.55 Å². The minimum Gasteiger partial charge on any atom is -0.394 e. The SMILES string of the molecule is CC1(C)CCC(C)(C)c2cc(C(=O)Nc3ccn(C4O[C@H](CO)[C@@H](O)C4(F)I)c(=O)n3)ccc21. The predicted molar refractivity (Wildman–Crippen MR) is 133 cm³/mol. The van der Waals surface area contributed by atoms with Gasteiger partial charge in [0.2, 0.25) is 3.68 Å². The fourth-order valence-corrected chi connectivity index (χ4v) is 5.55. The van der Waals surface area contributed by atoms with E-state index < -0.39 is 40.3 Å². The molecule has 2 aromatic rings. The van der Waals surface area contributed by atoms with Crippen LogP contribution in [-0.4, -0.2) is 48.2 Å². The van der Waals surface area contributed by atoms with Gasteiger partial charge in [-0.3, -0.25) is 9.36 Å². The Morgan fingerprint density at radius 2 is 1.88 bits per heavy atom. The van der Waals surface area contributed by atoms with Gasteiger partial charge in [-0.1, -0.05) is 33.8 Å². The maximum absolute atomic E-state index is 15.0. The Balaban J connectivity index is 1.57. The van der Waals surface area contributed by atoms with Gasteiger partial charge in [0.05, 0.1) is 6.61 Å². The summed E-state index contributed by atoms with van der Waals surface area (Å²) in [6.07, 6.45) is -0.940. The molecule has 4 atom stereocenters. The van der Waals surface area contributed by atoms with E-state index in [-0.39, 0.29) is 16.6 Å². The van der Waals surface area contributed by atoms with Crippen LogP contribution in [0.1, 0.15) is 68.2 Å². The third-order valence-corrected chi connectivity index (χ3v) is 8.17. The number of fused-ring (bicyclic) bond motifs is 1. The molecule has 0 saturated carbocycles. The Bertz CT molecular complexity index is 1180. The summed E-state index contributed by atoms with van der Waals surface area (Å²) >= 11 is 1.36. The molecule has 2 aliphatic rings. The van der Waals surface area contributed by atoms with E-state index in [1.807, 2.05) is 12.1 Å². The predicted octanol–water partition coefficient (Wildman–Crippen LogP) is 3.20. The first-order chi connectivity index (χ1) is 15.8. The standard InChI is InChI=1S/C24H29FIN3O5/c1-22(2)8-9-23(3,4)15-11-13(5-6-14(15)22)19(32)27-17-7-10-29(21(33)28-17)20-24(25,26)18(31)16(12-30)34-20/h5-7,10-11,16,18,20,30-31H,8-9,12H2,1-4H3,(H,27,28,32,33)/t16-,18-,20?,24?/m1/s1. The number of aromatic nitrogens is 2. The van der Waals surface area contributed by atoms with Crippen molar-refractivity contribution in [1.29, 1.82) is 0 Å². The van der Waals surface area contributed by atoms with Crippen LogP contribution in [-0.2, 0) is 15.6 Å². The average Bonchev–Trinajstić information content (AvgIpc) is 3.00. The van der Waals surface area contributed by atoms with Crippen molar-refractivity contribution in [2.75, 3.05) is 11.9 Å². The Labute approximate surface area is 210 Å². The zero-order valence-electron chi connectivity index (χ0n) is 19.5. The number of nitrogens with zero attached hydrogens (tertiary/aromatic N) is 2. The van der Waals surface area contributed by atoms with Gasteiger partial charge in [-0.25, -0.2) is 9.18 Å². The van der Waals surface area contributed by atoms with E-state index in [1.54, 1.807) is 6.07 Å². The Hall–Kier alpha value is -1.89. The lowest BCUT2D eigenvalue weighted by atomic mass is 9.63. The molecular formula is C24H29FIN3O5. The zero-order chi connectivity index (χ0) is 25.1. The van der Waals surface area contributed by atoms with Crippen LogP contribution in [0.5, 0.6) is 0 Å². The average molecular weight is 585 g/mol. The maximum Gasteiger partial charge on any atom is 0.351 e. The molecule has 10 heteroatoms. The van der Waals surface area contributed by atoms with Crippen LogP contribution in [0.2, 0.25) is 0 Å². The number of nitrogens with one attached hydrogen (secondary N) is 1. The number of ether oxygens (including phenoxy) is 1. The molecule has 1 aliphatic heterocycles. The molecule has 0 bridgehead atoms. The lowest BCUT2D eigenvalue weighted by Crippen LogP contribution is -2.40. The second kappa shape index (κ2) is 8.65. The first kappa shape index (κ1) is 25.2. The van der Waals surface area contributed by atoms with Crippen LogP contribution in [0.15, 0.2) is 35.3 Å². The number of carbonyl (C=O) groups excluding carboxylic acids is 1. The van der Waals surface area contributed by atoms with Crippen molar-refractivity contribution < 1.29 is 24.1 Å². The lowest BCUT2D eigenvalue weighted by Gasteiger charge is -2.42. The van der Waals surface area contributed by atoms with Gasteiger partial charge in [0.1, 0.15) is 18.0 Å². The number of hydrogen-bond donors (Lipinski definition) is 3. The van der Waals surface area contributed by atoms with Gasteiger partial charge in [0.15, 0.2) is 6.23 Å². The highest BCUT2D eigenvalue weighted by atomic mass is 127. The third-order valence-electron chi connectivity index (χ3n) is 7.00. The minimum absolute atomic E-state index is 0.0127. The van der Waals surface area contributed by atoms with E-state index in [0.717, 1.165) is 23.0 Å². The van der Waals surface area contributed by atoms with Crippen LogP contribution < -0.4 is 11.0 Å². The van der Waals surface area contributed by atoms with Crippen molar-refractivity contribution >= 4 is 34.3 Å². The molecule has 4 rings (SSSR count). The Morgan fingerprint density at radius 3 is 2.47 bits per heavy atom. The van der Waals surface area contributed by atoms with E-state index in [1.165, 1.54) is 40.4 Å². The molecular weight excluding hydrogens is 556 g/mol. The number of rotatable bonds is 4. The Kier molecular flexibility index (Phi) is 6.41. The second-order valence-electron chi connectivity index (χ2n) is 10.3. The van der Waals surface area contributed by atoms with E-state index in [0.29, 0.717) is 5.56 Å². The monoisotopic (exact) mass is 585 g/mol. The molecule has 1 aromatic heterocycles. The molecule has 2 unspecified atom stereocenters. The van der Waals surface area contributed by atoms with E-state index in [4.69, 9.17) is 4.74 Å². The summed E-state index contributed by atoms with van der Waals surface area (Å²) in [6, 6.07) is 7.04. The number of aliphatic hydroxyl groups excluding tert-OH is 2. The number of halogens is 2. The molecule has 184 valence electrons. The summed E-state index contributed by atoms with van der Waals surface area (Å²) < 4.78 is 18.9. The van der Waals surface area contributed by atoms with E-state index >= 15 is 4.39 Å². The molecule has 3 N–H and O–H groups in total. The molecule has 0 radical (unpaired) electrons. The van der Waals surface area contributed by atoms with E-state index in [2.05, 4.69) is 38.0 Å². The summed E-state index contributed by atoms with van der Waals surface area (Å²) in [5, 5.41) is 21.9. The molecule has 1 aromatic carbocycles. The highest BCUT2D eigenvalue weighted by Crippen LogP contribution is 2.47. The molecule has 0 spiro atoms. The first-order valence-electron chi connectivity index (χ1n) is 11.2. The summed E-state index contributed by atoms with van der Waals surface area (Å²) in [5.74, 6) is -0.396. The molecule has 1 fully saturated rings. The molecule has 1 amide bonds. The molecule has 2 heterocycles. The Morgan fingerprint density at radius 1 is 1.24 bits per heavy atom. The van der Waals surface area contributed by atoms with Crippen LogP contribution in [0, 0.1) is 0 Å². The van der Waals surface area contributed by atoms with E-state index in [9.17, 15) is 19.8 Å². The third kappa shape index (κ3) is 4.29. The fraction of sp³-hybridized carbons (Fsp3) is 0.542. The number of anilines is 1. The number of carbonyl (C=O) groups is 1. The topological polar surface area (TPSA) is 114 Å².